The zero-order chi connectivity index (χ0) is 27.3. The van der Waals surface area contributed by atoms with Gasteiger partial charge in [-0.05, 0) is 26.3 Å². The summed E-state index contributed by atoms with van der Waals surface area (Å²) in [4.78, 5) is 24.7. The molecule has 0 aliphatic rings. The fourth-order valence-electron chi connectivity index (χ4n) is 3.72. The molecule has 0 unspecified atom stereocenters. The van der Waals surface area contributed by atoms with Gasteiger partial charge in [0.25, 0.3) is 0 Å². The molecule has 0 bridgehead atoms. The highest BCUT2D eigenvalue weighted by molar-refractivity contribution is 7.93. The third kappa shape index (κ3) is 6.05. The van der Waals surface area contributed by atoms with Crippen molar-refractivity contribution in [3.63, 3.8) is 0 Å². The second kappa shape index (κ2) is 11.6. The molecule has 0 spiro atoms. The summed E-state index contributed by atoms with van der Waals surface area (Å²) in [7, 11) is -2.56. The molecule has 0 aliphatic carbocycles. The largest absolute Gasteiger partial charge is 0.481 e. The van der Waals surface area contributed by atoms with Gasteiger partial charge in [0, 0.05) is 35.6 Å². The van der Waals surface area contributed by atoms with Crippen molar-refractivity contribution < 1.29 is 17.9 Å². The minimum Gasteiger partial charge on any atom is -0.481 e. The van der Waals surface area contributed by atoms with Gasteiger partial charge in [-0.3, -0.25) is 14.1 Å². The lowest BCUT2D eigenvalue weighted by Crippen LogP contribution is -2.32. The number of aldehydes is 1. The topological polar surface area (TPSA) is 168 Å². The molecule has 0 radical (unpaired) electrons. The number of anilines is 1. The Morgan fingerprint density at radius 1 is 1.24 bits per heavy atom. The Hall–Kier alpha value is -3.58. The number of ether oxygens (including phenoxy) is 1. The molecular weight excluding hydrogens is 520 g/mol. The van der Waals surface area contributed by atoms with Crippen LogP contribution >= 0.6 is 11.6 Å². The Morgan fingerprint density at radius 3 is 2.49 bits per heavy atom. The van der Waals surface area contributed by atoms with Gasteiger partial charge in [-0.15, -0.1) is 10.2 Å². The average Bonchev–Trinajstić information content (AvgIpc) is 3.28. The fourth-order valence-corrected chi connectivity index (χ4v) is 5.05. The maximum Gasteiger partial charge on any atom is 0.239 e. The number of carbonyl (C=O) groups excluding carboxylic acids is 1. The van der Waals surface area contributed by atoms with Gasteiger partial charge < -0.3 is 10.5 Å². The number of sulfonamides is 1. The predicted molar refractivity (Wildman–Crippen MR) is 140 cm³/mol. The number of nitrogens with two attached hydrogens (primary N) is 1. The molecule has 0 aliphatic heterocycles. The smallest absolute Gasteiger partial charge is 0.239 e. The molecule has 14 heteroatoms. The van der Waals surface area contributed by atoms with Gasteiger partial charge >= 0.3 is 0 Å². The van der Waals surface area contributed by atoms with Crippen molar-refractivity contribution in [1.82, 2.24) is 29.7 Å². The lowest BCUT2D eigenvalue weighted by molar-refractivity contribution is -0.105. The molecule has 3 aromatic heterocycles. The first-order valence-electron chi connectivity index (χ1n) is 11.4. The van der Waals surface area contributed by atoms with Crippen LogP contribution in [0.5, 0.6) is 5.88 Å². The number of nitrogens with zero attached hydrogens (tertiary/aromatic N) is 6. The first-order chi connectivity index (χ1) is 17.5. The minimum absolute atomic E-state index is 0.0943. The number of aromatic nitrogens is 6. The van der Waals surface area contributed by atoms with E-state index in [9.17, 15) is 13.2 Å². The molecule has 37 heavy (non-hydrogen) atoms. The maximum atomic E-state index is 13.4. The van der Waals surface area contributed by atoms with E-state index in [1.807, 2.05) is 6.92 Å². The molecule has 3 aromatic rings. The lowest BCUT2D eigenvalue weighted by atomic mass is 10.0. The first-order valence-corrected chi connectivity index (χ1v) is 13.3. The zero-order valence-electron chi connectivity index (χ0n) is 21.1. The van der Waals surface area contributed by atoms with E-state index in [1.54, 1.807) is 32.0 Å². The standard InChI is InChI=1S/C23H29ClN8O4S/c1-6-19(17(12-33)14(3)25)32-22(18-8-7-9-20(28-18)36-5)29-30-23(32)31-37(34,35)15(4)13(2)21-26-10-16(24)11-27-21/h7-13,15,19H,6,25H2,1-5H3,(H,30,31)/t13-,15-,19+/m0/s1. The molecule has 0 saturated carbocycles. The van der Waals surface area contributed by atoms with Crippen molar-refractivity contribution in [1.29, 1.82) is 0 Å². The van der Waals surface area contributed by atoms with Crippen molar-refractivity contribution in [3.05, 3.63) is 52.7 Å². The number of methoxy groups -OCH3 is 1. The number of carbonyl (C=O) groups is 1. The van der Waals surface area contributed by atoms with Crippen molar-refractivity contribution in [2.75, 3.05) is 11.8 Å². The van der Waals surface area contributed by atoms with Crippen LogP contribution < -0.4 is 15.2 Å². The summed E-state index contributed by atoms with van der Waals surface area (Å²) in [6.45, 7) is 6.66. The van der Waals surface area contributed by atoms with Gasteiger partial charge in [-0.1, -0.05) is 31.5 Å². The maximum absolute atomic E-state index is 13.4. The first kappa shape index (κ1) is 28.0. The summed E-state index contributed by atoms with van der Waals surface area (Å²) in [5, 5.41) is 7.71. The van der Waals surface area contributed by atoms with E-state index in [-0.39, 0.29) is 23.0 Å². The van der Waals surface area contributed by atoms with Crippen LogP contribution in [0, 0.1) is 0 Å². The quantitative estimate of drug-likeness (QED) is 0.268. The second-order valence-corrected chi connectivity index (χ2v) is 10.8. The van der Waals surface area contributed by atoms with Crippen LogP contribution in [0.15, 0.2) is 41.9 Å². The Bertz CT molecular complexity index is 1390. The summed E-state index contributed by atoms with van der Waals surface area (Å²) >= 11 is 5.86. The second-order valence-electron chi connectivity index (χ2n) is 8.36. The number of rotatable bonds is 11. The van der Waals surface area contributed by atoms with Crippen LogP contribution in [0.4, 0.5) is 5.95 Å². The van der Waals surface area contributed by atoms with Crippen LogP contribution in [-0.4, -0.2) is 56.8 Å². The fraction of sp³-hybridized carbons (Fsp3) is 0.391. The molecule has 0 saturated heterocycles. The van der Waals surface area contributed by atoms with Gasteiger partial charge in [-0.2, -0.15) is 0 Å². The van der Waals surface area contributed by atoms with Crippen molar-refractivity contribution >= 4 is 33.9 Å². The molecule has 3 N–H and O–H groups in total. The van der Waals surface area contributed by atoms with Crippen LogP contribution in [0.1, 0.15) is 51.9 Å². The molecule has 0 fully saturated rings. The van der Waals surface area contributed by atoms with E-state index >= 15 is 0 Å². The normalized spacial score (nSPS) is 14.9. The van der Waals surface area contributed by atoms with Crippen molar-refractivity contribution in [2.24, 2.45) is 5.73 Å². The summed E-state index contributed by atoms with van der Waals surface area (Å²) in [5.74, 6) is 0.202. The highest BCUT2D eigenvalue weighted by Gasteiger charge is 2.33. The molecule has 0 amide bonds. The summed E-state index contributed by atoms with van der Waals surface area (Å²) < 4.78 is 36.2. The van der Waals surface area contributed by atoms with E-state index in [4.69, 9.17) is 22.1 Å². The Labute approximate surface area is 220 Å². The monoisotopic (exact) mass is 548 g/mol. The SMILES string of the molecule is CC[C@H](C(C=O)=C(C)N)n1c(NS(=O)(=O)[C@@H](C)[C@H](C)c2ncc(Cl)cn2)nnc1-c1cccc(OC)n1. The Balaban J connectivity index is 2.11. The third-order valence-corrected chi connectivity index (χ3v) is 8.02. The Morgan fingerprint density at radius 2 is 1.92 bits per heavy atom. The predicted octanol–water partition coefficient (Wildman–Crippen LogP) is 3.11. The average molecular weight is 549 g/mol. The molecule has 0 aromatic carbocycles. The highest BCUT2D eigenvalue weighted by Crippen LogP contribution is 2.32. The van der Waals surface area contributed by atoms with E-state index < -0.39 is 27.2 Å². The van der Waals surface area contributed by atoms with Gasteiger partial charge in [0.2, 0.25) is 21.9 Å². The number of allylic oxidation sites excluding steroid dienone is 2. The van der Waals surface area contributed by atoms with Gasteiger partial charge in [0.05, 0.1) is 23.4 Å². The molecule has 3 atom stereocenters. The Kier molecular flexibility index (Phi) is 8.81. The van der Waals surface area contributed by atoms with E-state index in [1.165, 1.54) is 31.0 Å². The minimum atomic E-state index is -4.04. The number of pyridine rings is 1. The number of nitrogens with one attached hydrogen (secondary N) is 1. The van der Waals surface area contributed by atoms with Crippen molar-refractivity contribution in [3.8, 4) is 17.4 Å². The molecule has 3 rings (SSSR count). The van der Waals surface area contributed by atoms with Crippen molar-refractivity contribution in [2.45, 2.75) is 51.3 Å². The van der Waals surface area contributed by atoms with Crippen LogP contribution in [0.25, 0.3) is 11.5 Å². The molecule has 3 heterocycles. The van der Waals surface area contributed by atoms with Crippen LogP contribution in [0.3, 0.4) is 0 Å². The summed E-state index contributed by atoms with van der Waals surface area (Å²) in [6, 6.07) is 4.38. The summed E-state index contributed by atoms with van der Waals surface area (Å²) in [5.41, 5.74) is 6.92. The van der Waals surface area contributed by atoms with Gasteiger partial charge in [0.15, 0.2) is 5.82 Å². The number of halogens is 1. The van der Waals surface area contributed by atoms with Gasteiger partial charge in [-0.25, -0.2) is 23.4 Å². The molecular formula is C23H29ClN8O4S. The van der Waals surface area contributed by atoms with E-state index in [2.05, 4.69) is 29.9 Å². The summed E-state index contributed by atoms with van der Waals surface area (Å²) in [6.07, 6.45) is 3.85. The molecule has 198 valence electrons. The van der Waals surface area contributed by atoms with E-state index in [0.717, 1.165) is 0 Å². The van der Waals surface area contributed by atoms with Crippen LogP contribution in [-0.2, 0) is 14.8 Å². The van der Waals surface area contributed by atoms with Crippen LogP contribution in [0.2, 0.25) is 5.02 Å². The number of hydrogen-bond donors (Lipinski definition) is 2. The highest BCUT2D eigenvalue weighted by atomic mass is 35.5. The third-order valence-electron chi connectivity index (χ3n) is 5.97. The lowest BCUT2D eigenvalue weighted by Gasteiger charge is -2.24. The number of hydrogen-bond acceptors (Lipinski definition) is 10. The molecule has 12 nitrogen and oxygen atoms in total. The van der Waals surface area contributed by atoms with E-state index in [0.29, 0.717) is 35.1 Å². The van der Waals surface area contributed by atoms with Gasteiger partial charge in [0.1, 0.15) is 17.8 Å². The zero-order valence-corrected chi connectivity index (χ0v) is 22.7.